The third-order valence-corrected chi connectivity index (χ3v) is 3.22. The van der Waals surface area contributed by atoms with Crippen LogP contribution in [0.2, 0.25) is 0 Å². The molecule has 0 bridgehead atoms. The number of unbranched alkanes of at least 4 members (excludes halogenated alkanes) is 1. The summed E-state index contributed by atoms with van der Waals surface area (Å²) >= 11 is 0. The Kier molecular flexibility index (Phi) is 4.60. The largest absolute Gasteiger partial charge is 0.347 e. The molecule has 0 N–H and O–H groups in total. The number of rotatable bonds is 4. The van der Waals surface area contributed by atoms with Gasteiger partial charge in [-0.15, -0.1) is 0 Å². The molecule has 1 aliphatic heterocycles. The summed E-state index contributed by atoms with van der Waals surface area (Å²) in [6.45, 7) is 10.9. The van der Waals surface area contributed by atoms with E-state index in [1.54, 1.807) is 0 Å². The molecule has 0 aromatic carbocycles. The molecular formula is C13H26O2. The fourth-order valence-electron chi connectivity index (χ4n) is 2.37. The summed E-state index contributed by atoms with van der Waals surface area (Å²) < 4.78 is 12.2. The molecule has 0 aliphatic carbocycles. The van der Waals surface area contributed by atoms with Crippen molar-refractivity contribution in [3.8, 4) is 0 Å². The van der Waals surface area contributed by atoms with Gasteiger partial charge < -0.3 is 9.47 Å². The van der Waals surface area contributed by atoms with Crippen molar-refractivity contribution in [1.29, 1.82) is 0 Å². The SMILES string of the molecule is CCCCC1(C(C)C)OC(C)CC(C)O1. The van der Waals surface area contributed by atoms with Crippen molar-refractivity contribution in [3.05, 3.63) is 0 Å². The Bertz CT molecular complexity index is 179. The van der Waals surface area contributed by atoms with E-state index in [9.17, 15) is 0 Å². The lowest BCUT2D eigenvalue weighted by atomic mass is 9.94. The monoisotopic (exact) mass is 214 g/mol. The summed E-state index contributed by atoms with van der Waals surface area (Å²) in [6.07, 6.45) is 5.07. The standard InChI is InChI=1S/C13H26O2/c1-6-7-8-13(10(2)3)14-11(4)9-12(5)15-13/h10-12H,6-9H2,1-5H3. The molecule has 1 fully saturated rings. The van der Waals surface area contributed by atoms with E-state index in [4.69, 9.17) is 9.47 Å². The molecule has 0 saturated carbocycles. The maximum atomic E-state index is 6.09. The molecule has 0 spiro atoms. The third-order valence-electron chi connectivity index (χ3n) is 3.22. The fourth-order valence-corrected chi connectivity index (χ4v) is 2.37. The Morgan fingerprint density at radius 2 is 1.73 bits per heavy atom. The third kappa shape index (κ3) is 3.18. The minimum absolute atomic E-state index is 0.326. The maximum absolute atomic E-state index is 6.09. The van der Waals surface area contributed by atoms with Crippen molar-refractivity contribution in [3.63, 3.8) is 0 Å². The first-order valence-corrected chi connectivity index (χ1v) is 6.35. The Labute approximate surface area is 94.3 Å². The Morgan fingerprint density at radius 3 is 2.13 bits per heavy atom. The quantitative estimate of drug-likeness (QED) is 0.709. The van der Waals surface area contributed by atoms with Gasteiger partial charge in [-0.1, -0.05) is 27.2 Å². The van der Waals surface area contributed by atoms with Crippen LogP contribution in [0.1, 0.15) is 60.3 Å². The van der Waals surface area contributed by atoms with Crippen LogP contribution in [0.15, 0.2) is 0 Å². The Hall–Kier alpha value is -0.0800. The van der Waals surface area contributed by atoms with Crippen LogP contribution in [0, 0.1) is 5.92 Å². The van der Waals surface area contributed by atoms with Crippen molar-refractivity contribution in [1.82, 2.24) is 0 Å². The molecule has 90 valence electrons. The predicted octanol–water partition coefficient (Wildman–Crippen LogP) is 3.74. The van der Waals surface area contributed by atoms with Crippen LogP contribution in [0.5, 0.6) is 0 Å². The van der Waals surface area contributed by atoms with E-state index < -0.39 is 0 Å². The van der Waals surface area contributed by atoms with E-state index in [1.807, 2.05) is 0 Å². The molecule has 1 heterocycles. The second-order valence-corrected chi connectivity index (χ2v) is 5.16. The summed E-state index contributed by atoms with van der Waals surface area (Å²) in [5, 5.41) is 0. The first kappa shape index (κ1) is 13.0. The predicted molar refractivity (Wildman–Crippen MR) is 62.8 cm³/mol. The van der Waals surface area contributed by atoms with Crippen molar-refractivity contribution in [2.75, 3.05) is 0 Å². The Balaban J connectivity index is 2.70. The lowest BCUT2D eigenvalue weighted by Gasteiger charge is -2.46. The van der Waals surface area contributed by atoms with Gasteiger partial charge in [-0.3, -0.25) is 0 Å². The van der Waals surface area contributed by atoms with Crippen LogP contribution in [-0.4, -0.2) is 18.0 Å². The zero-order valence-corrected chi connectivity index (χ0v) is 10.9. The molecule has 0 radical (unpaired) electrons. The number of hydrogen-bond donors (Lipinski definition) is 0. The first-order valence-electron chi connectivity index (χ1n) is 6.35. The molecule has 0 amide bonds. The van der Waals surface area contributed by atoms with Gasteiger partial charge in [-0.05, 0) is 26.7 Å². The lowest BCUT2D eigenvalue weighted by molar-refractivity contribution is -0.333. The van der Waals surface area contributed by atoms with Crippen LogP contribution in [0.3, 0.4) is 0 Å². The fraction of sp³-hybridized carbons (Fsp3) is 1.00. The highest BCUT2D eigenvalue weighted by molar-refractivity contribution is 4.81. The van der Waals surface area contributed by atoms with Gasteiger partial charge in [-0.2, -0.15) is 0 Å². The molecule has 1 rings (SSSR count). The Morgan fingerprint density at radius 1 is 1.20 bits per heavy atom. The molecule has 0 aromatic rings. The van der Waals surface area contributed by atoms with Gasteiger partial charge in [0.2, 0.25) is 0 Å². The summed E-state index contributed by atoms with van der Waals surface area (Å²) in [4.78, 5) is 0. The van der Waals surface area contributed by atoms with Crippen molar-refractivity contribution >= 4 is 0 Å². The maximum Gasteiger partial charge on any atom is 0.171 e. The number of ether oxygens (including phenoxy) is 2. The van der Waals surface area contributed by atoms with Gasteiger partial charge in [0.1, 0.15) is 0 Å². The molecule has 1 saturated heterocycles. The lowest BCUT2D eigenvalue weighted by Crippen LogP contribution is -2.50. The molecule has 0 aromatic heterocycles. The van der Waals surface area contributed by atoms with Crippen LogP contribution < -0.4 is 0 Å². The molecule has 1 aliphatic rings. The second-order valence-electron chi connectivity index (χ2n) is 5.16. The van der Waals surface area contributed by atoms with Gasteiger partial charge in [0.25, 0.3) is 0 Å². The van der Waals surface area contributed by atoms with E-state index in [0.29, 0.717) is 18.1 Å². The zero-order valence-electron chi connectivity index (χ0n) is 10.9. The van der Waals surface area contributed by atoms with Crippen molar-refractivity contribution in [2.24, 2.45) is 5.92 Å². The van der Waals surface area contributed by atoms with Crippen molar-refractivity contribution < 1.29 is 9.47 Å². The van der Waals surface area contributed by atoms with Gasteiger partial charge in [0.15, 0.2) is 5.79 Å². The average molecular weight is 214 g/mol. The minimum Gasteiger partial charge on any atom is -0.347 e. The van der Waals surface area contributed by atoms with Crippen LogP contribution in [0.4, 0.5) is 0 Å². The normalized spacial score (nSPS) is 37.2. The highest BCUT2D eigenvalue weighted by Crippen LogP contribution is 2.37. The molecule has 2 heteroatoms. The van der Waals surface area contributed by atoms with Crippen LogP contribution in [0.25, 0.3) is 0 Å². The summed E-state index contributed by atoms with van der Waals surface area (Å²) in [5.74, 6) is 0.0989. The summed E-state index contributed by atoms with van der Waals surface area (Å²) in [5.41, 5.74) is 0. The van der Waals surface area contributed by atoms with E-state index in [0.717, 1.165) is 12.8 Å². The van der Waals surface area contributed by atoms with E-state index in [1.165, 1.54) is 12.8 Å². The summed E-state index contributed by atoms with van der Waals surface area (Å²) in [6, 6.07) is 0. The number of hydrogen-bond acceptors (Lipinski definition) is 2. The van der Waals surface area contributed by atoms with E-state index in [2.05, 4.69) is 34.6 Å². The van der Waals surface area contributed by atoms with Crippen molar-refractivity contribution in [2.45, 2.75) is 78.3 Å². The molecule has 15 heavy (non-hydrogen) atoms. The molecular weight excluding hydrogens is 188 g/mol. The minimum atomic E-state index is -0.326. The van der Waals surface area contributed by atoms with E-state index in [-0.39, 0.29) is 5.79 Å². The smallest absolute Gasteiger partial charge is 0.171 e. The second kappa shape index (κ2) is 5.31. The zero-order chi connectivity index (χ0) is 11.5. The van der Waals surface area contributed by atoms with Gasteiger partial charge in [0, 0.05) is 12.3 Å². The van der Waals surface area contributed by atoms with Crippen LogP contribution in [-0.2, 0) is 9.47 Å². The van der Waals surface area contributed by atoms with Gasteiger partial charge in [0.05, 0.1) is 12.2 Å². The molecule has 2 unspecified atom stereocenters. The average Bonchev–Trinajstić information content (AvgIpc) is 2.13. The first-order chi connectivity index (χ1) is 7.00. The molecule has 2 atom stereocenters. The van der Waals surface area contributed by atoms with Crippen LogP contribution >= 0.6 is 0 Å². The van der Waals surface area contributed by atoms with Gasteiger partial charge >= 0.3 is 0 Å². The van der Waals surface area contributed by atoms with Gasteiger partial charge in [-0.25, -0.2) is 0 Å². The highest BCUT2D eigenvalue weighted by atomic mass is 16.7. The van der Waals surface area contributed by atoms with E-state index >= 15 is 0 Å². The summed E-state index contributed by atoms with van der Waals surface area (Å²) in [7, 11) is 0. The highest BCUT2D eigenvalue weighted by Gasteiger charge is 2.42. The topological polar surface area (TPSA) is 18.5 Å². The molecule has 2 nitrogen and oxygen atoms in total.